The van der Waals surface area contributed by atoms with Gasteiger partial charge in [0, 0.05) is 0 Å². The summed E-state index contributed by atoms with van der Waals surface area (Å²) in [5, 5.41) is -0.679. The van der Waals surface area contributed by atoms with Gasteiger partial charge in [0.2, 0.25) is 0 Å². The van der Waals surface area contributed by atoms with Crippen LogP contribution in [-0.2, 0) is 16.0 Å². The van der Waals surface area contributed by atoms with E-state index in [1.165, 1.54) is 0 Å². The molecular formula is C10H9ClF3NO2. The molecule has 0 spiro atoms. The minimum Gasteiger partial charge on any atom is -0.466 e. The predicted molar refractivity (Wildman–Crippen MR) is 54.5 cm³/mol. The van der Waals surface area contributed by atoms with E-state index in [1.54, 1.807) is 6.92 Å². The van der Waals surface area contributed by atoms with Crippen molar-refractivity contribution in [1.29, 1.82) is 0 Å². The number of carbonyl (C=O) groups is 1. The van der Waals surface area contributed by atoms with Crippen molar-refractivity contribution in [2.75, 3.05) is 6.61 Å². The fourth-order valence-electron chi connectivity index (χ4n) is 1.18. The minimum absolute atomic E-state index is 0.0508. The van der Waals surface area contributed by atoms with Crippen LogP contribution in [0.15, 0.2) is 6.07 Å². The first-order chi connectivity index (χ1) is 7.95. The largest absolute Gasteiger partial charge is 0.466 e. The summed E-state index contributed by atoms with van der Waals surface area (Å²) in [6, 6.07) is 0.808. The molecule has 1 heterocycles. The lowest BCUT2D eigenvalue weighted by Crippen LogP contribution is -2.10. The SMILES string of the molecule is CCOC(=O)Cc1cc(C(F)F)c(F)c(Cl)n1. The highest BCUT2D eigenvalue weighted by Gasteiger charge is 2.19. The number of halogens is 4. The number of pyridine rings is 1. The Kier molecular flexibility index (Phi) is 4.74. The number of ether oxygens (including phenoxy) is 1. The van der Waals surface area contributed by atoms with E-state index < -0.39 is 28.9 Å². The molecule has 0 amide bonds. The number of esters is 1. The third-order valence-corrected chi connectivity index (χ3v) is 2.11. The monoisotopic (exact) mass is 267 g/mol. The fourth-order valence-corrected chi connectivity index (χ4v) is 1.40. The molecule has 0 saturated carbocycles. The summed E-state index contributed by atoms with van der Waals surface area (Å²) in [6.45, 7) is 1.77. The first kappa shape index (κ1) is 13.8. The van der Waals surface area contributed by atoms with Crippen molar-refractivity contribution in [3.05, 3.63) is 28.3 Å². The lowest BCUT2D eigenvalue weighted by Gasteiger charge is -2.07. The Balaban J connectivity index is 2.98. The average molecular weight is 268 g/mol. The van der Waals surface area contributed by atoms with Crippen molar-refractivity contribution >= 4 is 17.6 Å². The predicted octanol–water partition coefficient (Wildman–Crippen LogP) is 2.92. The second-order valence-corrected chi connectivity index (χ2v) is 3.45. The fraction of sp³-hybridized carbons (Fsp3) is 0.400. The molecule has 0 fully saturated rings. The van der Waals surface area contributed by atoms with Crippen LogP contribution in [0.5, 0.6) is 0 Å². The Bertz CT molecular complexity index is 426. The number of aromatic nitrogens is 1. The summed E-state index contributed by atoms with van der Waals surface area (Å²) < 4.78 is 42.6. The molecule has 0 N–H and O–H groups in total. The van der Waals surface area contributed by atoms with Crippen molar-refractivity contribution in [3.8, 4) is 0 Å². The number of hydrogen-bond acceptors (Lipinski definition) is 3. The van der Waals surface area contributed by atoms with Gasteiger partial charge in [-0.15, -0.1) is 0 Å². The van der Waals surface area contributed by atoms with Crippen molar-refractivity contribution in [1.82, 2.24) is 4.98 Å². The molecule has 1 aromatic rings. The second-order valence-electron chi connectivity index (χ2n) is 3.09. The maximum Gasteiger partial charge on any atom is 0.311 e. The standard InChI is InChI=1S/C10H9ClF3NO2/c1-2-17-7(16)4-5-3-6(10(13)14)8(12)9(11)15-5/h3,10H,2,4H2,1H3. The molecule has 3 nitrogen and oxygen atoms in total. The van der Waals surface area contributed by atoms with Crippen LogP contribution < -0.4 is 0 Å². The molecule has 0 aliphatic rings. The Morgan fingerprint density at radius 1 is 1.59 bits per heavy atom. The van der Waals surface area contributed by atoms with Crippen LogP contribution in [0, 0.1) is 5.82 Å². The van der Waals surface area contributed by atoms with Gasteiger partial charge in [0.15, 0.2) is 11.0 Å². The maximum atomic E-state index is 13.1. The molecule has 0 radical (unpaired) electrons. The van der Waals surface area contributed by atoms with Gasteiger partial charge in [-0.1, -0.05) is 11.6 Å². The number of alkyl halides is 2. The third-order valence-electron chi connectivity index (χ3n) is 1.86. The van der Waals surface area contributed by atoms with Gasteiger partial charge in [-0.25, -0.2) is 18.2 Å². The summed E-state index contributed by atoms with van der Waals surface area (Å²) in [6.07, 6.45) is -3.34. The number of nitrogens with zero attached hydrogens (tertiary/aromatic N) is 1. The van der Waals surface area contributed by atoms with Gasteiger partial charge in [0.25, 0.3) is 6.43 Å². The Hall–Kier alpha value is -1.30. The molecule has 7 heteroatoms. The Labute approximate surface area is 101 Å². The van der Waals surface area contributed by atoms with Crippen molar-refractivity contribution in [2.45, 2.75) is 19.8 Å². The van der Waals surface area contributed by atoms with Crippen molar-refractivity contribution < 1.29 is 22.7 Å². The third kappa shape index (κ3) is 3.59. The van der Waals surface area contributed by atoms with Gasteiger partial charge in [-0.2, -0.15) is 0 Å². The molecule has 17 heavy (non-hydrogen) atoms. The van der Waals surface area contributed by atoms with Crippen LogP contribution in [0.4, 0.5) is 13.2 Å². The zero-order valence-corrected chi connectivity index (χ0v) is 9.60. The maximum absolute atomic E-state index is 13.1. The van der Waals surface area contributed by atoms with Gasteiger partial charge in [0.1, 0.15) is 0 Å². The van der Waals surface area contributed by atoms with E-state index in [1.807, 2.05) is 0 Å². The van der Waals surface area contributed by atoms with E-state index in [9.17, 15) is 18.0 Å². The van der Waals surface area contributed by atoms with Crippen LogP contribution in [-0.4, -0.2) is 17.6 Å². The smallest absolute Gasteiger partial charge is 0.311 e. The van der Waals surface area contributed by atoms with Gasteiger partial charge < -0.3 is 4.74 Å². The van der Waals surface area contributed by atoms with E-state index in [-0.39, 0.29) is 18.7 Å². The number of rotatable bonds is 4. The molecule has 0 aliphatic heterocycles. The summed E-state index contributed by atoms with van der Waals surface area (Å²) in [5.74, 6) is -1.91. The lowest BCUT2D eigenvalue weighted by molar-refractivity contribution is -0.142. The summed E-state index contributed by atoms with van der Waals surface area (Å²) in [4.78, 5) is 14.6. The molecule has 0 aliphatic carbocycles. The van der Waals surface area contributed by atoms with Gasteiger partial charge >= 0.3 is 5.97 Å². The summed E-state index contributed by atoms with van der Waals surface area (Å²) in [5.41, 5.74) is -0.922. The topological polar surface area (TPSA) is 39.2 Å². The van der Waals surface area contributed by atoms with E-state index in [4.69, 9.17) is 11.6 Å². The molecule has 94 valence electrons. The zero-order chi connectivity index (χ0) is 13.0. The number of hydrogen-bond donors (Lipinski definition) is 0. The van der Waals surface area contributed by atoms with Gasteiger partial charge in [-0.3, -0.25) is 4.79 Å². The van der Waals surface area contributed by atoms with Crippen LogP contribution in [0.3, 0.4) is 0 Å². The quantitative estimate of drug-likeness (QED) is 0.622. The highest BCUT2D eigenvalue weighted by molar-refractivity contribution is 6.29. The highest BCUT2D eigenvalue weighted by Crippen LogP contribution is 2.26. The van der Waals surface area contributed by atoms with E-state index in [0.717, 1.165) is 6.07 Å². The molecule has 0 bridgehead atoms. The Morgan fingerprint density at radius 3 is 2.76 bits per heavy atom. The lowest BCUT2D eigenvalue weighted by atomic mass is 10.2. The normalized spacial score (nSPS) is 10.7. The van der Waals surface area contributed by atoms with Crippen LogP contribution in [0.1, 0.15) is 24.6 Å². The average Bonchev–Trinajstić information content (AvgIpc) is 2.23. The molecule has 0 aromatic carbocycles. The van der Waals surface area contributed by atoms with E-state index >= 15 is 0 Å². The second kappa shape index (κ2) is 5.86. The highest BCUT2D eigenvalue weighted by atomic mass is 35.5. The summed E-state index contributed by atoms with van der Waals surface area (Å²) in [7, 11) is 0. The van der Waals surface area contributed by atoms with E-state index in [2.05, 4.69) is 9.72 Å². The van der Waals surface area contributed by atoms with Crippen LogP contribution >= 0.6 is 11.6 Å². The minimum atomic E-state index is -3.02. The first-order valence-electron chi connectivity index (χ1n) is 4.74. The van der Waals surface area contributed by atoms with Crippen molar-refractivity contribution in [3.63, 3.8) is 0 Å². The first-order valence-corrected chi connectivity index (χ1v) is 5.12. The van der Waals surface area contributed by atoms with E-state index in [0.29, 0.717) is 0 Å². The van der Waals surface area contributed by atoms with Gasteiger partial charge in [0.05, 0.1) is 24.3 Å². The zero-order valence-electron chi connectivity index (χ0n) is 8.84. The van der Waals surface area contributed by atoms with Gasteiger partial charge in [-0.05, 0) is 13.0 Å². The molecule has 0 saturated heterocycles. The molecule has 1 rings (SSSR count). The molecule has 1 aromatic heterocycles. The Morgan fingerprint density at radius 2 is 2.24 bits per heavy atom. The molecular weight excluding hydrogens is 259 g/mol. The van der Waals surface area contributed by atoms with Crippen LogP contribution in [0.25, 0.3) is 0 Å². The summed E-state index contributed by atoms with van der Waals surface area (Å²) >= 11 is 5.35. The van der Waals surface area contributed by atoms with Crippen LogP contribution in [0.2, 0.25) is 5.15 Å². The number of carbonyl (C=O) groups excluding carboxylic acids is 1. The molecule has 0 atom stereocenters. The molecule has 0 unspecified atom stereocenters. The van der Waals surface area contributed by atoms with Crippen molar-refractivity contribution in [2.24, 2.45) is 0 Å².